The number of hydrogen-bond acceptors (Lipinski definition) is 4. The van der Waals surface area contributed by atoms with E-state index in [0.29, 0.717) is 34.2 Å². The number of piperidine rings is 1. The van der Waals surface area contributed by atoms with Crippen molar-refractivity contribution >= 4 is 38.7 Å². The Morgan fingerprint density at radius 1 is 1.22 bits per heavy atom. The number of carbonyl (C=O) groups is 1. The summed E-state index contributed by atoms with van der Waals surface area (Å²) in [7, 11) is -3.50. The Bertz CT molecular complexity index is 785. The Hall–Kier alpha value is -1.21. The van der Waals surface area contributed by atoms with E-state index < -0.39 is 10.0 Å². The van der Waals surface area contributed by atoms with Crippen molar-refractivity contribution < 1.29 is 13.2 Å². The van der Waals surface area contributed by atoms with Gasteiger partial charge in [-0.25, -0.2) is 8.42 Å². The van der Waals surface area contributed by atoms with Gasteiger partial charge >= 0.3 is 0 Å². The lowest BCUT2D eigenvalue weighted by molar-refractivity contribution is 0.0872. The van der Waals surface area contributed by atoms with Crippen LogP contribution in [0.1, 0.15) is 23.2 Å². The van der Waals surface area contributed by atoms with Gasteiger partial charge in [0.05, 0.1) is 0 Å². The summed E-state index contributed by atoms with van der Waals surface area (Å²) >= 11 is 7.05. The van der Waals surface area contributed by atoms with Gasteiger partial charge in [0.2, 0.25) is 0 Å². The lowest BCUT2D eigenvalue weighted by Gasteiger charge is -2.30. The number of Topliss-reactive ketones (excluding diaryl/α,β-unsaturated/α-hetero) is 1. The third-order valence-corrected chi connectivity index (χ3v) is 7.46. The first-order valence-electron chi connectivity index (χ1n) is 7.32. The Morgan fingerprint density at radius 3 is 2.61 bits per heavy atom. The molecule has 2 aromatic rings. The fourth-order valence-corrected chi connectivity index (χ4v) is 5.56. The molecule has 1 aromatic heterocycles. The van der Waals surface area contributed by atoms with Crippen LogP contribution in [0.15, 0.2) is 46.0 Å². The molecule has 23 heavy (non-hydrogen) atoms. The summed E-state index contributed by atoms with van der Waals surface area (Å²) in [6.07, 6.45) is 1.40. The topological polar surface area (TPSA) is 54.5 Å². The molecule has 7 heteroatoms. The summed E-state index contributed by atoms with van der Waals surface area (Å²) < 4.78 is 27.0. The van der Waals surface area contributed by atoms with Gasteiger partial charge in [0, 0.05) is 29.6 Å². The van der Waals surface area contributed by atoms with Crippen LogP contribution < -0.4 is 0 Å². The highest BCUT2D eigenvalue weighted by Crippen LogP contribution is 2.28. The highest BCUT2D eigenvalue weighted by molar-refractivity contribution is 7.91. The molecule has 0 radical (unpaired) electrons. The number of halogens is 1. The summed E-state index contributed by atoms with van der Waals surface area (Å²) in [4.78, 5) is 12.6. The van der Waals surface area contributed by atoms with Crippen LogP contribution in [0.3, 0.4) is 0 Å². The van der Waals surface area contributed by atoms with Crippen molar-refractivity contribution in [3.8, 4) is 0 Å². The second kappa shape index (κ2) is 6.73. The maximum Gasteiger partial charge on any atom is 0.252 e. The minimum atomic E-state index is -3.50. The molecular formula is C16H16ClNO3S2. The quantitative estimate of drug-likeness (QED) is 0.772. The van der Waals surface area contributed by atoms with Crippen molar-refractivity contribution in [2.24, 2.45) is 5.92 Å². The van der Waals surface area contributed by atoms with Gasteiger partial charge in [-0.15, -0.1) is 11.3 Å². The van der Waals surface area contributed by atoms with Crippen LogP contribution in [0.25, 0.3) is 0 Å². The number of benzene rings is 1. The van der Waals surface area contributed by atoms with Crippen molar-refractivity contribution in [1.29, 1.82) is 0 Å². The molecule has 0 spiro atoms. The first-order chi connectivity index (χ1) is 11.0. The molecule has 1 aliphatic heterocycles. The van der Waals surface area contributed by atoms with Crippen LogP contribution in [0, 0.1) is 5.92 Å². The van der Waals surface area contributed by atoms with E-state index in [-0.39, 0.29) is 18.2 Å². The van der Waals surface area contributed by atoms with Gasteiger partial charge in [0.25, 0.3) is 10.0 Å². The minimum Gasteiger partial charge on any atom is -0.294 e. The van der Waals surface area contributed by atoms with E-state index in [2.05, 4.69) is 0 Å². The molecule has 122 valence electrons. The summed E-state index contributed by atoms with van der Waals surface area (Å²) in [6.45, 7) is 0.701. The van der Waals surface area contributed by atoms with E-state index in [9.17, 15) is 13.2 Å². The molecule has 0 amide bonds. The lowest BCUT2D eigenvalue weighted by atomic mass is 9.91. The molecule has 4 nitrogen and oxygen atoms in total. The Morgan fingerprint density at radius 2 is 1.96 bits per heavy atom. The van der Waals surface area contributed by atoms with E-state index in [1.54, 1.807) is 41.8 Å². The van der Waals surface area contributed by atoms with Gasteiger partial charge in [-0.05, 0) is 48.6 Å². The molecule has 1 unspecified atom stereocenters. The van der Waals surface area contributed by atoms with E-state index >= 15 is 0 Å². The molecule has 1 atom stereocenters. The summed E-state index contributed by atoms with van der Waals surface area (Å²) in [5, 5.41) is 2.32. The molecule has 2 heterocycles. The predicted molar refractivity (Wildman–Crippen MR) is 91.6 cm³/mol. The van der Waals surface area contributed by atoms with Crippen molar-refractivity contribution in [2.75, 3.05) is 13.1 Å². The molecule has 0 aliphatic carbocycles. The maximum atomic E-state index is 12.6. The van der Waals surface area contributed by atoms with Crippen molar-refractivity contribution in [2.45, 2.75) is 17.1 Å². The summed E-state index contributed by atoms with van der Waals surface area (Å²) in [5.74, 6) is -0.326. The molecule has 1 saturated heterocycles. The molecule has 1 aliphatic rings. The SMILES string of the molecule is O=C(c1ccc(Cl)cc1)C1CCCN(S(=O)(=O)c2cccs2)C1. The average Bonchev–Trinajstić information content (AvgIpc) is 3.10. The Kier molecular flexibility index (Phi) is 4.87. The first kappa shape index (κ1) is 16.6. The third kappa shape index (κ3) is 3.50. The van der Waals surface area contributed by atoms with Crippen molar-refractivity contribution in [3.05, 3.63) is 52.4 Å². The zero-order valence-electron chi connectivity index (χ0n) is 12.3. The second-order valence-corrected chi connectivity index (χ2v) is 9.05. The van der Waals surface area contributed by atoms with Crippen LogP contribution in [0.5, 0.6) is 0 Å². The van der Waals surface area contributed by atoms with Crippen LogP contribution in [-0.4, -0.2) is 31.6 Å². The normalized spacial score (nSPS) is 19.6. The van der Waals surface area contributed by atoms with Crippen LogP contribution in [0.2, 0.25) is 5.02 Å². The summed E-state index contributed by atoms with van der Waals surface area (Å²) in [5.41, 5.74) is 0.578. The van der Waals surface area contributed by atoms with Gasteiger partial charge in [-0.2, -0.15) is 4.31 Å². The van der Waals surface area contributed by atoms with Crippen LogP contribution in [-0.2, 0) is 10.0 Å². The number of carbonyl (C=O) groups excluding carboxylic acids is 1. The largest absolute Gasteiger partial charge is 0.294 e. The van der Waals surface area contributed by atoms with E-state index in [0.717, 1.165) is 0 Å². The minimum absolute atomic E-state index is 0.0206. The average molecular weight is 370 g/mol. The van der Waals surface area contributed by atoms with Crippen LogP contribution in [0.4, 0.5) is 0 Å². The number of sulfonamides is 1. The molecule has 1 aromatic carbocycles. The highest BCUT2D eigenvalue weighted by atomic mass is 35.5. The number of thiophene rings is 1. The van der Waals surface area contributed by atoms with Crippen molar-refractivity contribution in [1.82, 2.24) is 4.31 Å². The first-order valence-corrected chi connectivity index (χ1v) is 10.0. The lowest BCUT2D eigenvalue weighted by Crippen LogP contribution is -2.42. The van der Waals surface area contributed by atoms with Gasteiger partial charge < -0.3 is 0 Å². The predicted octanol–water partition coefficient (Wildman–Crippen LogP) is 3.69. The maximum absolute atomic E-state index is 12.6. The number of ketones is 1. The second-order valence-electron chi connectivity index (χ2n) is 5.51. The molecule has 0 saturated carbocycles. The fraction of sp³-hybridized carbons (Fsp3) is 0.312. The highest BCUT2D eigenvalue weighted by Gasteiger charge is 2.34. The monoisotopic (exact) mass is 369 g/mol. The van der Waals surface area contributed by atoms with E-state index in [4.69, 9.17) is 11.6 Å². The van der Waals surface area contributed by atoms with Gasteiger partial charge in [0.15, 0.2) is 5.78 Å². The molecule has 0 bridgehead atoms. The van der Waals surface area contributed by atoms with E-state index in [1.807, 2.05) is 0 Å². The number of rotatable bonds is 4. The molecular weight excluding hydrogens is 354 g/mol. The fourth-order valence-electron chi connectivity index (χ4n) is 2.76. The molecule has 3 rings (SSSR count). The third-order valence-electron chi connectivity index (χ3n) is 3.97. The number of nitrogens with zero attached hydrogens (tertiary/aromatic N) is 1. The summed E-state index contributed by atoms with van der Waals surface area (Å²) in [6, 6.07) is 10.1. The zero-order valence-corrected chi connectivity index (χ0v) is 14.7. The van der Waals surface area contributed by atoms with E-state index in [1.165, 1.54) is 15.6 Å². The Balaban J connectivity index is 1.78. The van der Waals surface area contributed by atoms with Gasteiger partial charge in [-0.1, -0.05) is 17.7 Å². The van der Waals surface area contributed by atoms with Gasteiger partial charge in [-0.3, -0.25) is 4.79 Å². The Labute approximate surface area is 144 Å². The van der Waals surface area contributed by atoms with Crippen LogP contribution >= 0.6 is 22.9 Å². The molecule has 0 N–H and O–H groups in total. The number of hydrogen-bond donors (Lipinski definition) is 0. The zero-order chi connectivity index (χ0) is 16.4. The van der Waals surface area contributed by atoms with Gasteiger partial charge in [0.1, 0.15) is 4.21 Å². The molecule has 1 fully saturated rings. The smallest absolute Gasteiger partial charge is 0.252 e. The van der Waals surface area contributed by atoms with Crippen molar-refractivity contribution in [3.63, 3.8) is 0 Å². The standard InChI is InChI=1S/C16H16ClNO3S2/c17-14-7-5-12(6-8-14)16(19)13-3-1-9-18(11-13)23(20,21)15-4-2-10-22-15/h2,4-8,10,13H,1,3,9,11H2.